The first kappa shape index (κ1) is 19.9. The Labute approximate surface area is 168 Å². The van der Waals surface area contributed by atoms with E-state index in [1.54, 1.807) is 37.7 Å². The number of carbonyl (C=O) groups excluding carboxylic acids is 2. The van der Waals surface area contributed by atoms with Crippen LogP contribution in [0.4, 0.5) is 0 Å². The highest BCUT2D eigenvalue weighted by molar-refractivity contribution is 5.93. The number of methoxy groups -OCH3 is 1. The molecule has 1 heterocycles. The molecule has 0 aliphatic heterocycles. The van der Waals surface area contributed by atoms with Crippen molar-refractivity contribution in [2.45, 2.75) is 6.04 Å². The van der Waals surface area contributed by atoms with Crippen LogP contribution in [-0.4, -0.2) is 35.1 Å². The minimum atomic E-state index is -0.562. The van der Waals surface area contributed by atoms with Crippen molar-refractivity contribution < 1.29 is 19.1 Å². The van der Waals surface area contributed by atoms with Crippen LogP contribution in [0, 0.1) is 0 Å². The number of amides is 2. The first-order valence-electron chi connectivity index (χ1n) is 8.91. The van der Waals surface area contributed by atoms with E-state index in [1.165, 1.54) is 6.07 Å². The third-order valence-electron chi connectivity index (χ3n) is 4.34. The Kier molecular flexibility index (Phi) is 6.13. The fourth-order valence-corrected chi connectivity index (χ4v) is 2.86. The van der Waals surface area contributed by atoms with Crippen molar-refractivity contribution in [3.8, 4) is 11.5 Å². The summed E-state index contributed by atoms with van der Waals surface area (Å²) in [7, 11) is 3.44. The zero-order valence-electron chi connectivity index (χ0n) is 16.2. The molecule has 3 N–H and O–H groups in total. The molecule has 150 valence electrons. The van der Waals surface area contributed by atoms with Gasteiger partial charge in [0, 0.05) is 25.0 Å². The lowest BCUT2D eigenvalue weighted by Crippen LogP contribution is -2.34. The third kappa shape index (κ3) is 4.92. The number of rotatable bonds is 8. The highest BCUT2D eigenvalue weighted by Crippen LogP contribution is 2.24. The normalized spacial score (nSPS) is 11.5. The predicted molar refractivity (Wildman–Crippen MR) is 107 cm³/mol. The van der Waals surface area contributed by atoms with Crippen LogP contribution in [0.1, 0.15) is 27.8 Å². The molecule has 2 aromatic carbocycles. The summed E-state index contributed by atoms with van der Waals surface area (Å²) in [5.41, 5.74) is 6.40. The second kappa shape index (κ2) is 8.92. The summed E-state index contributed by atoms with van der Waals surface area (Å²) < 4.78 is 12.6. The molecule has 3 aromatic rings. The topological polar surface area (TPSA) is 108 Å². The Morgan fingerprint density at radius 2 is 1.93 bits per heavy atom. The highest BCUT2D eigenvalue weighted by atomic mass is 16.5. The summed E-state index contributed by atoms with van der Waals surface area (Å²) in [4.78, 5) is 28.2. The van der Waals surface area contributed by atoms with Gasteiger partial charge in [0.15, 0.2) is 6.61 Å². The maximum absolute atomic E-state index is 12.6. The summed E-state index contributed by atoms with van der Waals surface area (Å²) in [5.74, 6) is 0.822. The minimum Gasteiger partial charge on any atom is -0.497 e. The second-order valence-corrected chi connectivity index (χ2v) is 6.35. The maximum atomic E-state index is 12.6. The first-order chi connectivity index (χ1) is 14.0. The number of imidazole rings is 1. The van der Waals surface area contributed by atoms with Crippen molar-refractivity contribution in [3.05, 3.63) is 77.9 Å². The van der Waals surface area contributed by atoms with Crippen LogP contribution < -0.4 is 20.5 Å². The lowest BCUT2D eigenvalue weighted by Gasteiger charge is -2.20. The van der Waals surface area contributed by atoms with Crippen LogP contribution in [0.15, 0.2) is 60.9 Å². The first-order valence-corrected chi connectivity index (χ1v) is 8.91. The van der Waals surface area contributed by atoms with E-state index >= 15 is 0 Å². The molecule has 0 spiro atoms. The van der Waals surface area contributed by atoms with Crippen molar-refractivity contribution in [1.29, 1.82) is 0 Å². The lowest BCUT2D eigenvalue weighted by molar-refractivity contribution is -0.123. The van der Waals surface area contributed by atoms with Gasteiger partial charge in [-0.25, -0.2) is 4.98 Å². The SMILES string of the molecule is COc1cccc(C(NC(=O)COc2cccc(C(N)=O)c2)c2nccn2C)c1. The smallest absolute Gasteiger partial charge is 0.258 e. The van der Waals surface area contributed by atoms with Gasteiger partial charge in [-0.15, -0.1) is 0 Å². The van der Waals surface area contributed by atoms with Gasteiger partial charge in [0.1, 0.15) is 23.4 Å². The highest BCUT2D eigenvalue weighted by Gasteiger charge is 2.21. The van der Waals surface area contributed by atoms with Crippen LogP contribution >= 0.6 is 0 Å². The van der Waals surface area contributed by atoms with Gasteiger partial charge in [-0.1, -0.05) is 18.2 Å². The van der Waals surface area contributed by atoms with Crippen molar-refractivity contribution >= 4 is 11.8 Å². The largest absolute Gasteiger partial charge is 0.497 e. The summed E-state index contributed by atoms with van der Waals surface area (Å²) in [5, 5.41) is 2.94. The molecule has 0 bridgehead atoms. The number of carbonyl (C=O) groups is 2. The molecule has 8 heteroatoms. The molecule has 29 heavy (non-hydrogen) atoms. The number of aryl methyl sites for hydroxylation is 1. The molecule has 0 fully saturated rings. The Balaban J connectivity index is 1.75. The molecule has 0 saturated heterocycles. The van der Waals surface area contributed by atoms with E-state index in [2.05, 4.69) is 10.3 Å². The average molecular weight is 394 g/mol. The van der Waals surface area contributed by atoms with E-state index in [4.69, 9.17) is 15.2 Å². The summed E-state index contributed by atoms with van der Waals surface area (Å²) in [6, 6.07) is 13.3. The summed E-state index contributed by atoms with van der Waals surface area (Å²) in [6.07, 6.45) is 3.47. The van der Waals surface area contributed by atoms with E-state index in [-0.39, 0.29) is 12.5 Å². The minimum absolute atomic E-state index is 0.229. The molecular formula is C21H22N4O4. The van der Waals surface area contributed by atoms with Gasteiger partial charge in [0.2, 0.25) is 5.91 Å². The second-order valence-electron chi connectivity index (χ2n) is 6.35. The average Bonchev–Trinajstić information content (AvgIpc) is 3.16. The molecule has 1 aromatic heterocycles. The monoisotopic (exact) mass is 394 g/mol. The van der Waals surface area contributed by atoms with Crippen molar-refractivity contribution in [2.24, 2.45) is 12.8 Å². The lowest BCUT2D eigenvalue weighted by atomic mass is 10.1. The van der Waals surface area contributed by atoms with Gasteiger partial charge in [-0.3, -0.25) is 9.59 Å². The van der Waals surface area contributed by atoms with Crippen molar-refractivity contribution in [3.63, 3.8) is 0 Å². The number of ether oxygens (including phenoxy) is 2. The number of benzene rings is 2. The standard InChI is InChI=1S/C21H22N4O4/c1-25-10-9-23-21(25)19(14-5-3-7-16(11-14)28-2)24-18(26)13-29-17-8-4-6-15(12-17)20(22)27/h3-12,19H,13H2,1-2H3,(H2,22,27)(H,24,26). The molecule has 8 nitrogen and oxygen atoms in total. The Bertz CT molecular complexity index is 1020. The predicted octanol–water partition coefficient (Wildman–Crippen LogP) is 1.81. The Morgan fingerprint density at radius 1 is 1.17 bits per heavy atom. The Morgan fingerprint density at radius 3 is 2.62 bits per heavy atom. The van der Waals surface area contributed by atoms with Crippen LogP contribution in [0.2, 0.25) is 0 Å². The molecule has 1 atom stereocenters. The molecule has 0 radical (unpaired) electrons. The van der Waals surface area contributed by atoms with Gasteiger partial charge in [-0.05, 0) is 35.9 Å². The van der Waals surface area contributed by atoms with Crippen LogP contribution in [-0.2, 0) is 11.8 Å². The molecule has 0 aliphatic carbocycles. The zero-order chi connectivity index (χ0) is 20.8. The molecule has 0 saturated carbocycles. The van der Waals surface area contributed by atoms with Gasteiger partial charge >= 0.3 is 0 Å². The van der Waals surface area contributed by atoms with Crippen LogP contribution in [0.5, 0.6) is 11.5 Å². The number of nitrogens with two attached hydrogens (primary N) is 1. The Hall–Kier alpha value is -3.81. The summed E-state index contributed by atoms with van der Waals surface area (Å²) >= 11 is 0. The molecule has 1 unspecified atom stereocenters. The van der Waals surface area contributed by atoms with E-state index in [9.17, 15) is 9.59 Å². The van der Waals surface area contributed by atoms with E-state index < -0.39 is 11.9 Å². The number of nitrogens with one attached hydrogen (secondary N) is 1. The van der Waals surface area contributed by atoms with Gasteiger partial charge in [0.25, 0.3) is 5.91 Å². The number of hydrogen-bond donors (Lipinski definition) is 2. The number of primary amides is 1. The third-order valence-corrected chi connectivity index (χ3v) is 4.34. The number of hydrogen-bond acceptors (Lipinski definition) is 5. The van der Waals surface area contributed by atoms with Crippen molar-refractivity contribution in [1.82, 2.24) is 14.9 Å². The van der Waals surface area contributed by atoms with Gasteiger partial charge < -0.3 is 25.1 Å². The molecule has 3 rings (SSSR count). The number of aromatic nitrogens is 2. The number of nitrogens with zero attached hydrogens (tertiary/aromatic N) is 2. The van der Waals surface area contributed by atoms with E-state index in [1.807, 2.05) is 35.9 Å². The fourth-order valence-electron chi connectivity index (χ4n) is 2.86. The van der Waals surface area contributed by atoms with Gasteiger partial charge in [-0.2, -0.15) is 0 Å². The van der Waals surface area contributed by atoms with E-state index in [0.717, 1.165) is 5.56 Å². The zero-order valence-corrected chi connectivity index (χ0v) is 16.2. The quantitative estimate of drug-likeness (QED) is 0.606. The molecule has 0 aliphatic rings. The van der Waals surface area contributed by atoms with E-state index in [0.29, 0.717) is 22.9 Å². The van der Waals surface area contributed by atoms with Crippen LogP contribution in [0.25, 0.3) is 0 Å². The van der Waals surface area contributed by atoms with Crippen LogP contribution in [0.3, 0.4) is 0 Å². The molecular weight excluding hydrogens is 372 g/mol. The van der Waals surface area contributed by atoms with Gasteiger partial charge in [0.05, 0.1) is 7.11 Å². The fraction of sp³-hybridized carbons (Fsp3) is 0.190. The molecule has 2 amide bonds. The summed E-state index contributed by atoms with van der Waals surface area (Å²) in [6.45, 7) is -0.229. The maximum Gasteiger partial charge on any atom is 0.258 e. The van der Waals surface area contributed by atoms with Crippen molar-refractivity contribution in [2.75, 3.05) is 13.7 Å².